The zero-order chi connectivity index (χ0) is 35.3. The summed E-state index contributed by atoms with van der Waals surface area (Å²) in [5.74, 6) is -1.24. The largest absolute Gasteiger partial charge is 0.508 e. The Morgan fingerprint density at radius 2 is 1.68 bits per heavy atom. The zero-order valence-electron chi connectivity index (χ0n) is 27.1. The maximum Gasteiger partial charge on any atom is 0.508 e. The van der Waals surface area contributed by atoms with Gasteiger partial charge in [-0.1, -0.05) is 0 Å². The maximum atomic E-state index is 14.6. The second-order valence-electron chi connectivity index (χ2n) is 11.9. The first kappa shape index (κ1) is 37.0. The van der Waals surface area contributed by atoms with Crippen molar-refractivity contribution >= 4 is 12.1 Å². The summed E-state index contributed by atoms with van der Waals surface area (Å²) in [6, 6.07) is 10.3. The number of hydrogen-bond acceptors (Lipinski definition) is 9. The Hall–Kier alpha value is -4.43. The van der Waals surface area contributed by atoms with Crippen molar-refractivity contribution in [1.82, 2.24) is 10.3 Å². The Balaban J connectivity index is 1.87. The van der Waals surface area contributed by atoms with Gasteiger partial charge >= 0.3 is 12.3 Å². The minimum Gasteiger partial charge on any atom is -0.493 e. The molecule has 0 aliphatic heterocycles. The fraction of sp³-hybridized carbons (Fsp3) is 0.424. The second-order valence-corrected chi connectivity index (χ2v) is 11.9. The van der Waals surface area contributed by atoms with E-state index in [9.17, 15) is 32.3 Å². The van der Waals surface area contributed by atoms with Gasteiger partial charge in [0.1, 0.15) is 18.5 Å². The van der Waals surface area contributed by atoms with Gasteiger partial charge in [-0.3, -0.25) is 4.79 Å². The minimum atomic E-state index is -5.30. The van der Waals surface area contributed by atoms with Crippen molar-refractivity contribution in [3.8, 4) is 22.8 Å². The summed E-state index contributed by atoms with van der Waals surface area (Å²) in [6.45, 7) is 8.12. The molecule has 3 aromatic rings. The molecule has 256 valence electrons. The zero-order valence-corrected chi connectivity index (χ0v) is 27.1. The number of halogens is 4. The number of aryl methyl sites for hydroxylation is 1. The third kappa shape index (κ3) is 9.32. The number of rotatable bonds is 12. The van der Waals surface area contributed by atoms with Crippen LogP contribution in [-0.2, 0) is 20.6 Å². The maximum absolute atomic E-state index is 14.6. The van der Waals surface area contributed by atoms with Crippen LogP contribution in [0.1, 0.15) is 61.8 Å². The molecule has 0 fully saturated rings. The number of pyridine rings is 1. The molecule has 0 aliphatic rings. The number of nitrogens with zero attached hydrogens (tertiary/aromatic N) is 1. The van der Waals surface area contributed by atoms with Crippen LogP contribution >= 0.6 is 0 Å². The van der Waals surface area contributed by atoms with Gasteiger partial charge in [-0.15, -0.1) is 0 Å². The summed E-state index contributed by atoms with van der Waals surface area (Å²) in [6.07, 6.45) is -7.25. The lowest BCUT2D eigenvalue weighted by molar-refractivity contribution is -0.265. The normalized spacial score (nSPS) is 13.8. The van der Waals surface area contributed by atoms with Crippen molar-refractivity contribution in [3.63, 3.8) is 0 Å². The van der Waals surface area contributed by atoms with Gasteiger partial charge in [-0.25, -0.2) is 14.2 Å². The van der Waals surface area contributed by atoms with Crippen molar-refractivity contribution in [2.75, 3.05) is 20.3 Å². The molecular formula is C33H39F4N3O7. The van der Waals surface area contributed by atoms with Gasteiger partial charge in [0.15, 0.2) is 11.5 Å². The average molecular weight is 666 g/mol. The number of nitrogens with one attached hydrogen (secondary N) is 1. The second kappa shape index (κ2) is 14.6. The van der Waals surface area contributed by atoms with Crippen molar-refractivity contribution in [3.05, 3.63) is 76.7 Å². The van der Waals surface area contributed by atoms with E-state index in [0.717, 1.165) is 12.1 Å². The smallest absolute Gasteiger partial charge is 0.493 e. The van der Waals surface area contributed by atoms with Crippen LogP contribution in [0.2, 0.25) is 0 Å². The Labute approximate surface area is 270 Å². The average Bonchev–Trinajstić information content (AvgIpc) is 2.98. The highest BCUT2D eigenvalue weighted by atomic mass is 19.4. The number of nitrogens with two attached hydrogens (primary N) is 1. The highest BCUT2D eigenvalue weighted by Gasteiger charge is 2.56. The molecule has 4 N–H and O–H groups in total. The van der Waals surface area contributed by atoms with Crippen LogP contribution < -0.4 is 20.5 Å². The molecule has 1 heterocycles. The fourth-order valence-corrected chi connectivity index (χ4v) is 4.27. The van der Waals surface area contributed by atoms with Crippen LogP contribution in [0.5, 0.6) is 11.5 Å². The van der Waals surface area contributed by atoms with Crippen LogP contribution in [0.4, 0.5) is 22.4 Å². The van der Waals surface area contributed by atoms with Crippen LogP contribution in [0.25, 0.3) is 11.3 Å². The first-order valence-electron chi connectivity index (χ1n) is 14.6. The van der Waals surface area contributed by atoms with Gasteiger partial charge in [0.25, 0.3) is 5.91 Å². The molecule has 47 heavy (non-hydrogen) atoms. The lowest BCUT2D eigenvalue weighted by atomic mass is 9.89. The van der Waals surface area contributed by atoms with Crippen molar-refractivity contribution in [2.45, 2.75) is 71.1 Å². The fourth-order valence-electron chi connectivity index (χ4n) is 4.27. The number of alkyl halides is 3. The monoisotopic (exact) mass is 665 g/mol. The standard InChI is InChI=1S/C33H39F4N3O7/c1-18(2)46-30(42)47-20(4)16-45-26-11-9-22(13-27(26)44-7)29(41)39-17-32(43,33(35,36)37)28-15-23(31(5,6)38)14-25(40-28)21-8-10-24(34)19(3)12-21/h8-15,18,20,43H,16-17,38H2,1-7H3,(H,39,41)/t20-,32?/m1/s1. The quantitative estimate of drug-likeness (QED) is 0.159. The van der Waals surface area contributed by atoms with E-state index < -0.39 is 53.5 Å². The molecule has 0 aliphatic carbocycles. The number of ether oxygens (including phenoxy) is 4. The third-order valence-electron chi connectivity index (χ3n) is 6.95. The van der Waals surface area contributed by atoms with E-state index in [4.69, 9.17) is 24.7 Å². The van der Waals surface area contributed by atoms with Gasteiger partial charge in [-0.05, 0) is 101 Å². The molecule has 0 saturated heterocycles. The first-order valence-corrected chi connectivity index (χ1v) is 14.6. The van der Waals surface area contributed by atoms with E-state index in [1.807, 2.05) is 0 Å². The number of carbonyl (C=O) groups excluding carboxylic acids is 2. The van der Waals surface area contributed by atoms with Crippen LogP contribution in [-0.4, -0.2) is 60.8 Å². The topological polar surface area (TPSA) is 142 Å². The van der Waals surface area contributed by atoms with Crippen molar-refractivity contribution in [1.29, 1.82) is 0 Å². The summed E-state index contributed by atoms with van der Waals surface area (Å²) >= 11 is 0. The predicted molar refractivity (Wildman–Crippen MR) is 165 cm³/mol. The Morgan fingerprint density at radius 1 is 1.00 bits per heavy atom. The van der Waals surface area contributed by atoms with Gasteiger partial charge in [-0.2, -0.15) is 13.2 Å². The third-order valence-corrected chi connectivity index (χ3v) is 6.95. The molecule has 0 saturated carbocycles. The summed E-state index contributed by atoms with van der Waals surface area (Å²) in [5, 5.41) is 13.3. The number of hydrogen-bond donors (Lipinski definition) is 3. The highest BCUT2D eigenvalue weighted by molar-refractivity contribution is 5.95. The summed E-state index contributed by atoms with van der Waals surface area (Å²) in [5.41, 5.74) is 1.28. The minimum absolute atomic E-state index is 0.0185. The molecule has 10 nitrogen and oxygen atoms in total. The molecule has 3 rings (SSSR count). The van der Waals surface area contributed by atoms with Gasteiger partial charge in [0, 0.05) is 16.7 Å². The number of aliphatic hydroxyl groups is 1. The van der Waals surface area contributed by atoms with Crippen molar-refractivity contribution in [2.24, 2.45) is 5.73 Å². The van der Waals surface area contributed by atoms with Crippen LogP contribution in [0.3, 0.4) is 0 Å². The number of carbonyl (C=O) groups is 2. The molecule has 0 spiro atoms. The number of amides is 1. The SMILES string of the molecule is COc1cc(C(=O)NCC(O)(c2cc(C(C)(C)N)cc(-c3ccc(F)c(C)c3)n2)C(F)(F)F)ccc1OC[C@@H](C)OC(=O)OC(C)C. The van der Waals surface area contributed by atoms with Crippen molar-refractivity contribution < 1.29 is 51.2 Å². The molecule has 0 radical (unpaired) electrons. The highest BCUT2D eigenvalue weighted by Crippen LogP contribution is 2.40. The number of methoxy groups -OCH3 is 1. The number of aromatic nitrogens is 1. The van der Waals surface area contributed by atoms with Gasteiger partial charge in [0.05, 0.1) is 31.1 Å². The first-order chi connectivity index (χ1) is 21.7. The molecule has 1 amide bonds. The van der Waals surface area contributed by atoms with E-state index in [-0.39, 0.29) is 46.6 Å². The van der Waals surface area contributed by atoms with Crippen LogP contribution in [0, 0.1) is 12.7 Å². The molecule has 1 aromatic heterocycles. The number of benzene rings is 2. The Bertz CT molecular complexity index is 1590. The molecular weight excluding hydrogens is 626 g/mol. The molecule has 2 aromatic carbocycles. The molecule has 2 atom stereocenters. The van der Waals surface area contributed by atoms with E-state index in [0.29, 0.717) is 5.56 Å². The summed E-state index contributed by atoms with van der Waals surface area (Å²) < 4.78 is 78.6. The molecule has 14 heteroatoms. The molecule has 1 unspecified atom stereocenters. The van der Waals surface area contributed by atoms with E-state index in [2.05, 4.69) is 10.3 Å². The lowest BCUT2D eigenvalue weighted by Crippen LogP contribution is -2.51. The predicted octanol–water partition coefficient (Wildman–Crippen LogP) is 5.91. The van der Waals surface area contributed by atoms with E-state index >= 15 is 0 Å². The van der Waals surface area contributed by atoms with Gasteiger partial charge < -0.3 is 35.1 Å². The van der Waals surface area contributed by atoms with E-state index in [1.165, 1.54) is 50.4 Å². The Morgan fingerprint density at radius 3 is 2.26 bits per heavy atom. The summed E-state index contributed by atoms with van der Waals surface area (Å²) in [7, 11) is 1.30. The summed E-state index contributed by atoms with van der Waals surface area (Å²) in [4.78, 5) is 28.9. The molecule has 0 bridgehead atoms. The van der Waals surface area contributed by atoms with E-state index in [1.54, 1.807) is 34.6 Å². The van der Waals surface area contributed by atoms with Gasteiger partial charge in [0.2, 0.25) is 5.60 Å². The lowest BCUT2D eigenvalue weighted by Gasteiger charge is -2.32. The Kier molecular flexibility index (Phi) is 11.5. The van der Waals surface area contributed by atoms with Crippen LogP contribution in [0.15, 0.2) is 48.5 Å².